The summed E-state index contributed by atoms with van der Waals surface area (Å²) in [6, 6.07) is 0. The standard InChI is InChI=1S/C32H60O3/c1-3-5-7-9-11-13-15-16-17-18-20-22-24-26-28-30-32(34)35-31(33)29-27-25-23-21-19-14-12-10-8-6-4-2/h10,12H,3-9,11,13-30H2,1-2H3. The van der Waals surface area contributed by atoms with Gasteiger partial charge in [-0.05, 0) is 32.1 Å². The molecule has 0 rings (SSSR count). The minimum absolute atomic E-state index is 0.334. The van der Waals surface area contributed by atoms with Gasteiger partial charge in [0, 0.05) is 12.8 Å². The van der Waals surface area contributed by atoms with Crippen molar-refractivity contribution < 1.29 is 14.3 Å². The third-order valence-corrected chi connectivity index (χ3v) is 6.85. The van der Waals surface area contributed by atoms with Crippen molar-refractivity contribution in [2.45, 2.75) is 181 Å². The molecule has 0 amide bonds. The first-order valence-electron chi connectivity index (χ1n) is 15.6. The Bertz CT molecular complexity index is 483. The van der Waals surface area contributed by atoms with Crippen LogP contribution in [0, 0.1) is 0 Å². The number of esters is 2. The molecule has 0 aromatic carbocycles. The van der Waals surface area contributed by atoms with Crippen LogP contribution in [0.1, 0.15) is 181 Å². The molecule has 0 aliphatic rings. The van der Waals surface area contributed by atoms with Crippen LogP contribution in [0.25, 0.3) is 0 Å². The molecule has 0 heterocycles. The molecule has 3 heteroatoms. The van der Waals surface area contributed by atoms with Crippen LogP contribution in [0.15, 0.2) is 12.2 Å². The Morgan fingerprint density at radius 3 is 1.14 bits per heavy atom. The highest BCUT2D eigenvalue weighted by Crippen LogP contribution is 2.14. The number of carbonyl (C=O) groups is 2. The normalized spacial score (nSPS) is 11.4. The number of hydrogen-bond acceptors (Lipinski definition) is 3. The van der Waals surface area contributed by atoms with Gasteiger partial charge in [-0.15, -0.1) is 0 Å². The van der Waals surface area contributed by atoms with Gasteiger partial charge in [-0.2, -0.15) is 0 Å². The van der Waals surface area contributed by atoms with Crippen molar-refractivity contribution >= 4 is 11.9 Å². The van der Waals surface area contributed by atoms with E-state index in [-0.39, 0.29) is 11.9 Å². The van der Waals surface area contributed by atoms with E-state index < -0.39 is 0 Å². The van der Waals surface area contributed by atoms with E-state index in [9.17, 15) is 9.59 Å². The largest absolute Gasteiger partial charge is 0.393 e. The fourth-order valence-corrected chi connectivity index (χ4v) is 4.49. The third kappa shape index (κ3) is 29.0. The second kappa shape index (κ2) is 29.1. The van der Waals surface area contributed by atoms with Crippen LogP contribution in [0.3, 0.4) is 0 Å². The van der Waals surface area contributed by atoms with E-state index in [1.165, 1.54) is 122 Å². The van der Waals surface area contributed by atoms with Crippen LogP contribution < -0.4 is 0 Å². The molecule has 0 bridgehead atoms. The highest BCUT2D eigenvalue weighted by atomic mass is 16.6. The van der Waals surface area contributed by atoms with E-state index in [4.69, 9.17) is 4.74 Å². The molecule has 0 atom stereocenters. The Balaban J connectivity index is 3.31. The molecule has 206 valence electrons. The molecule has 0 aliphatic carbocycles. The van der Waals surface area contributed by atoms with Gasteiger partial charge in [-0.25, -0.2) is 0 Å². The van der Waals surface area contributed by atoms with Crippen molar-refractivity contribution in [1.29, 1.82) is 0 Å². The van der Waals surface area contributed by atoms with E-state index in [0.717, 1.165) is 32.1 Å². The zero-order chi connectivity index (χ0) is 25.7. The molecular formula is C32H60O3. The smallest absolute Gasteiger partial charge is 0.313 e. The summed E-state index contributed by atoms with van der Waals surface area (Å²) in [6.45, 7) is 4.50. The number of hydrogen-bond donors (Lipinski definition) is 0. The Hall–Kier alpha value is -1.12. The van der Waals surface area contributed by atoms with Gasteiger partial charge < -0.3 is 4.74 Å². The van der Waals surface area contributed by atoms with Gasteiger partial charge in [0.15, 0.2) is 0 Å². The second-order valence-corrected chi connectivity index (χ2v) is 10.5. The lowest BCUT2D eigenvalue weighted by Crippen LogP contribution is -2.11. The van der Waals surface area contributed by atoms with Crippen LogP contribution in [0.2, 0.25) is 0 Å². The van der Waals surface area contributed by atoms with Gasteiger partial charge in [0.25, 0.3) is 0 Å². The van der Waals surface area contributed by atoms with Gasteiger partial charge >= 0.3 is 11.9 Å². The first-order chi connectivity index (χ1) is 17.2. The molecule has 0 fully saturated rings. The molecule has 3 nitrogen and oxygen atoms in total. The lowest BCUT2D eigenvalue weighted by molar-refractivity contribution is -0.159. The monoisotopic (exact) mass is 492 g/mol. The Labute approximate surface area is 219 Å². The summed E-state index contributed by atoms with van der Waals surface area (Å²) in [6.07, 6.45) is 35.4. The molecular weight excluding hydrogens is 432 g/mol. The second-order valence-electron chi connectivity index (χ2n) is 10.5. The summed E-state index contributed by atoms with van der Waals surface area (Å²) in [7, 11) is 0. The third-order valence-electron chi connectivity index (χ3n) is 6.85. The SMILES string of the molecule is CCCCC=CCCCCCCCC(=O)OC(=O)CCCCCCCCCCCCCCCCC. The fraction of sp³-hybridized carbons (Fsp3) is 0.875. The molecule has 35 heavy (non-hydrogen) atoms. The summed E-state index contributed by atoms with van der Waals surface area (Å²) in [5, 5.41) is 0. The van der Waals surface area contributed by atoms with Crippen LogP contribution >= 0.6 is 0 Å². The first kappa shape index (κ1) is 33.9. The Morgan fingerprint density at radius 2 is 0.743 bits per heavy atom. The minimum atomic E-state index is -0.338. The number of carbonyl (C=O) groups excluding carboxylic acids is 2. The molecule has 0 N–H and O–H groups in total. The van der Waals surface area contributed by atoms with Gasteiger partial charge in [-0.1, -0.05) is 148 Å². The van der Waals surface area contributed by atoms with E-state index in [2.05, 4.69) is 26.0 Å². The molecule has 0 unspecified atom stereocenters. The Kier molecular flexibility index (Phi) is 28.2. The zero-order valence-corrected chi connectivity index (χ0v) is 23.8. The molecule has 0 saturated carbocycles. The van der Waals surface area contributed by atoms with E-state index in [0.29, 0.717) is 12.8 Å². The van der Waals surface area contributed by atoms with Crippen molar-refractivity contribution in [3.05, 3.63) is 12.2 Å². The van der Waals surface area contributed by atoms with Crippen molar-refractivity contribution in [1.82, 2.24) is 0 Å². The number of unbranched alkanes of at least 4 members (excludes halogenated alkanes) is 21. The minimum Gasteiger partial charge on any atom is -0.393 e. The number of rotatable bonds is 27. The topological polar surface area (TPSA) is 43.4 Å². The summed E-state index contributed by atoms with van der Waals surface area (Å²) in [5.74, 6) is -0.672. The Morgan fingerprint density at radius 1 is 0.429 bits per heavy atom. The highest BCUT2D eigenvalue weighted by Gasteiger charge is 2.09. The number of allylic oxidation sites excluding steroid dienone is 2. The highest BCUT2D eigenvalue weighted by molar-refractivity contribution is 5.85. The summed E-state index contributed by atoms with van der Waals surface area (Å²) >= 11 is 0. The number of ether oxygens (including phenoxy) is 1. The van der Waals surface area contributed by atoms with Crippen LogP contribution in [0.5, 0.6) is 0 Å². The summed E-state index contributed by atoms with van der Waals surface area (Å²) < 4.78 is 4.97. The van der Waals surface area contributed by atoms with E-state index >= 15 is 0 Å². The first-order valence-corrected chi connectivity index (χ1v) is 15.6. The average molecular weight is 493 g/mol. The molecule has 0 saturated heterocycles. The lowest BCUT2D eigenvalue weighted by atomic mass is 10.0. The molecule has 0 aromatic rings. The quantitative estimate of drug-likeness (QED) is 0.0495. The molecule has 0 aliphatic heterocycles. The van der Waals surface area contributed by atoms with Crippen LogP contribution in [-0.2, 0) is 14.3 Å². The van der Waals surface area contributed by atoms with Crippen molar-refractivity contribution in [2.75, 3.05) is 0 Å². The summed E-state index contributed by atoms with van der Waals surface area (Å²) in [4.78, 5) is 23.7. The summed E-state index contributed by atoms with van der Waals surface area (Å²) in [5.41, 5.74) is 0. The van der Waals surface area contributed by atoms with E-state index in [1.807, 2.05) is 0 Å². The van der Waals surface area contributed by atoms with Crippen LogP contribution in [0.4, 0.5) is 0 Å². The van der Waals surface area contributed by atoms with Crippen molar-refractivity contribution in [2.24, 2.45) is 0 Å². The molecule has 0 aromatic heterocycles. The molecule has 0 spiro atoms. The van der Waals surface area contributed by atoms with Crippen molar-refractivity contribution in [3.8, 4) is 0 Å². The molecule has 0 radical (unpaired) electrons. The predicted molar refractivity (Wildman–Crippen MR) is 152 cm³/mol. The fourth-order valence-electron chi connectivity index (χ4n) is 4.49. The maximum atomic E-state index is 11.8. The van der Waals surface area contributed by atoms with E-state index in [1.54, 1.807) is 0 Å². The predicted octanol–water partition coefficient (Wildman–Crippen LogP) is 10.8. The maximum absolute atomic E-state index is 11.8. The van der Waals surface area contributed by atoms with Crippen molar-refractivity contribution in [3.63, 3.8) is 0 Å². The maximum Gasteiger partial charge on any atom is 0.313 e. The zero-order valence-electron chi connectivity index (χ0n) is 23.8. The average Bonchev–Trinajstić information content (AvgIpc) is 2.85. The lowest BCUT2D eigenvalue weighted by Gasteiger charge is -2.04. The van der Waals surface area contributed by atoms with Gasteiger partial charge in [0.1, 0.15) is 0 Å². The van der Waals surface area contributed by atoms with Gasteiger partial charge in [-0.3, -0.25) is 9.59 Å². The van der Waals surface area contributed by atoms with Crippen LogP contribution in [-0.4, -0.2) is 11.9 Å². The van der Waals surface area contributed by atoms with Gasteiger partial charge in [0.2, 0.25) is 0 Å². The van der Waals surface area contributed by atoms with Gasteiger partial charge in [0.05, 0.1) is 0 Å².